The summed E-state index contributed by atoms with van der Waals surface area (Å²) in [5.41, 5.74) is -4.27. The first-order chi connectivity index (χ1) is 14.5. The molecule has 0 bridgehead atoms. The summed E-state index contributed by atoms with van der Waals surface area (Å²) in [6, 6.07) is 0. The lowest BCUT2D eigenvalue weighted by molar-refractivity contribution is -0.139. The van der Waals surface area contributed by atoms with Crippen LogP contribution >= 0.6 is 0 Å². The first kappa shape index (κ1) is 25.1. The van der Waals surface area contributed by atoms with Gasteiger partial charge >= 0.3 is 11.9 Å². The highest BCUT2D eigenvalue weighted by atomic mass is 32.2. The maximum atomic E-state index is 13.0. The molecule has 0 amide bonds. The lowest BCUT2D eigenvalue weighted by Gasteiger charge is -2.18. The molecule has 1 aliphatic heterocycles. The lowest BCUT2D eigenvalue weighted by atomic mass is 10.2. The zero-order valence-electron chi connectivity index (χ0n) is 16.7. The number of rotatable bonds is 10. The van der Waals surface area contributed by atoms with Gasteiger partial charge in [-0.25, -0.2) is 4.79 Å². The van der Waals surface area contributed by atoms with Crippen LogP contribution in [0.4, 0.5) is 13.2 Å². The molecule has 0 radical (unpaired) electrons. The van der Waals surface area contributed by atoms with Crippen molar-refractivity contribution >= 4 is 10.1 Å². The van der Waals surface area contributed by atoms with Crippen molar-refractivity contribution in [2.75, 3.05) is 19.0 Å². The van der Waals surface area contributed by atoms with E-state index in [-0.39, 0.29) is 18.8 Å². The Hall–Kier alpha value is -2.14. The molecule has 0 aliphatic carbocycles. The Labute approximate surface area is 176 Å². The van der Waals surface area contributed by atoms with E-state index in [1.54, 1.807) is 4.98 Å². The Morgan fingerprint density at radius 2 is 2.06 bits per heavy atom. The van der Waals surface area contributed by atoms with Crippen LogP contribution in [0.15, 0.2) is 15.8 Å². The average Bonchev–Trinajstić information content (AvgIpc) is 3.06. The minimum Gasteiger partial charge on any atom is -0.363 e. The summed E-state index contributed by atoms with van der Waals surface area (Å²) in [6.45, 7) is 1.27. The summed E-state index contributed by atoms with van der Waals surface area (Å²) >= 11 is 0. The van der Waals surface area contributed by atoms with Gasteiger partial charge in [-0.2, -0.15) is 21.6 Å². The average molecular weight is 468 g/mol. The number of aromatic amines is 1. The van der Waals surface area contributed by atoms with Crippen LogP contribution in [0.2, 0.25) is 0 Å². The molecule has 1 aliphatic rings. The third kappa shape index (κ3) is 6.93. The lowest BCUT2D eigenvalue weighted by Crippen LogP contribution is -2.36. The number of terminal acetylenes is 1. The molecule has 1 aromatic heterocycles. The number of ether oxygens (including phenoxy) is 2. The van der Waals surface area contributed by atoms with E-state index >= 15 is 0 Å². The van der Waals surface area contributed by atoms with Gasteiger partial charge in [0.05, 0.1) is 18.5 Å². The molecule has 9 nitrogen and oxygen atoms in total. The largest absolute Gasteiger partial charge is 0.423 e. The minimum atomic E-state index is -4.99. The summed E-state index contributed by atoms with van der Waals surface area (Å²) < 4.78 is 79.6. The van der Waals surface area contributed by atoms with Gasteiger partial charge in [-0.1, -0.05) is 25.7 Å². The fourth-order valence-corrected chi connectivity index (χ4v) is 4.03. The van der Waals surface area contributed by atoms with E-state index in [9.17, 15) is 31.2 Å². The van der Waals surface area contributed by atoms with Crippen LogP contribution in [-0.2, 0) is 30.0 Å². The molecule has 1 aromatic rings. The second-order valence-corrected chi connectivity index (χ2v) is 8.64. The highest BCUT2D eigenvalue weighted by Crippen LogP contribution is 2.32. The number of alkyl halides is 3. The van der Waals surface area contributed by atoms with Crippen molar-refractivity contribution < 1.29 is 35.2 Å². The maximum absolute atomic E-state index is 13.0. The topological polar surface area (TPSA) is 117 Å². The van der Waals surface area contributed by atoms with Gasteiger partial charge < -0.3 is 9.47 Å². The fraction of sp³-hybridized carbons (Fsp3) is 0.667. The van der Waals surface area contributed by atoms with Gasteiger partial charge in [0.1, 0.15) is 24.5 Å². The highest BCUT2D eigenvalue weighted by molar-refractivity contribution is 7.86. The van der Waals surface area contributed by atoms with Gasteiger partial charge in [-0.15, -0.1) is 6.42 Å². The van der Waals surface area contributed by atoms with Gasteiger partial charge in [-0.05, 0) is 6.42 Å². The first-order valence-electron chi connectivity index (χ1n) is 9.48. The number of nitrogens with zero attached hydrogens (tertiary/aromatic N) is 1. The zero-order chi connectivity index (χ0) is 23.2. The first-order valence-corrected chi connectivity index (χ1v) is 11.1. The zero-order valence-corrected chi connectivity index (χ0v) is 17.5. The van der Waals surface area contributed by atoms with Crippen molar-refractivity contribution in [1.82, 2.24) is 9.55 Å². The number of unbranched alkanes of at least 4 members (excludes halogenated alkanes) is 2. The molecule has 0 spiro atoms. The summed E-state index contributed by atoms with van der Waals surface area (Å²) in [5, 5.41) is 0. The van der Waals surface area contributed by atoms with Gasteiger partial charge in [0, 0.05) is 12.6 Å². The number of nitrogens with one attached hydrogen (secondary N) is 1. The number of H-pyrrole nitrogens is 1. The minimum absolute atomic E-state index is 0.116. The molecule has 0 unspecified atom stereocenters. The molecule has 1 N–H and O–H groups in total. The Kier molecular flexibility index (Phi) is 8.47. The summed E-state index contributed by atoms with van der Waals surface area (Å²) in [5.74, 6) is 2.03. The Morgan fingerprint density at radius 1 is 1.35 bits per heavy atom. The molecule has 2 rings (SSSR count). The van der Waals surface area contributed by atoms with Crippen molar-refractivity contribution in [2.24, 2.45) is 0 Å². The van der Waals surface area contributed by atoms with Crippen LogP contribution in [0.3, 0.4) is 0 Å². The van der Waals surface area contributed by atoms with E-state index in [1.807, 2.05) is 6.92 Å². The molecule has 1 saturated heterocycles. The summed E-state index contributed by atoms with van der Waals surface area (Å²) in [4.78, 5) is 25.1. The third-order valence-corrected chi connectivity index (χ3v) is 5.84. The van der Waals surface area contributed by atoms with Crippen LogP contribution in [0.1, 0.15) is 44.4 Å². The standard InChI is InChI=1S/C18H23F3N2O7S/c1-3-5-6-8-31(26,27)29-11-14-13(28-7-4-2)9-15(30-14)23-10-12(18(19,20)21)16(24)22-17(23)25/h2,10,13-15H,3,5-9,11H2,1H3,(H,22,24,25)/t13-,14+,15+/m0/s1. The number of halogens is 3. The summed E-state index contributed by atoms with van der Waals surface area (Å²) in [6.07, 6.45) is -0.788. The SMILES string of the molecule is C#CCO[C@H]1C[C@H](n2cc(C(F)(F)F)c(=O)[nH]c2=O)O[C@@H]1COS(=O)(=O)CCCCC. The van der Waals surface area contributed by atoms with E-state index in [0.717, 1.165) is 6.42 Å². The molecule has 13 heteroatoms. The number of aromatic nitrogens is 2. The smallest absolute Gasteiger partial charge is 0.363 e. The second kappa shape index (κ2) is 10.4. The van der Waals surface area contributed by atoms with E-state index < -0.39 is 58.1 Å². The monoisotopic (exact) mass is 468 g/mol. The Balaban J connectivity index is 2.21. The van der Waals surface area contributed by atoms with E-state index in [4.69, 9.17) is 20.1 Å². The molecule has 0 aromatic carbocycles. The molecule has 0 saturated carbocycles. The maximum Gasteiger partial charge on any atom is 0.423 e. The highest BCUT2D eigenvalue weighted by Gasteiger charge is 2.40. The second-order valence-electron chi connectivity index (χ2n) is 6.88. The quantitative estimate of drug-likeness (QED) is 0.313. The Morgan fingerprint density at radius 3 is 2.68 bits per heavy atom. The third-order valence-electron chi connectivity index (χ3n) is 4.55. The van der Waals surface area contributed by atoms with Crippen molar-refractivity contribution in [3.8, 4) is 12.3 Å². The van der Waals surface area contributed by atoms with Gasteiger partial charge in [-0.3, -0.25) is 18.5 Å². The van der Waals surface area contributed by atoms with Gasteiger partial charge in [0.15, 0.2) is 0 Å². The van der Waals surface area contributed by atoms with Crippen LogP contribution in [0.25, 0.3) is 0 Å². The van der Waals surface area contributed by atoms with Crippen molar-refractivity contribution in [2.45, 2.75) is 57.2 Å². The van der Waals surface area contributed by atoms with Crippen LogP contribution < -0.4 is 11.2 Å². The molecule has 174 valence electrons. The molecule has 3 atom stereocenters. The molecular formula is C18H23F3N2O7S. The summed E-state index contributed by atoms with van der Waals surface area (Å²) in [7, 11) is -3.85. The van der Waals surface area contributed by atoms with Crippen molar-refractivity contribution in [3.05, 3.63) is 32.6 Å². The van der Waals surface area contributed by atoms with E-state index in [1.165, 1.54) is 0 Å². The molecule has 31 heavy (non-hydrogen) atoms. The molecular weight excluding hydrogens is 445 g/mol. The van der Waals surface area contributed by atoms with Crippen molar-refractivity contribution in [3.63, 3.8) is 0 Å². The van der Waals surface area contributed by atoms with E-state index in [0.29, 0.717) is 23.6 Å². The number of hydrogen-bond donors (Lipinski definition) is 1. The number of hydrogen-bond acceptors (Lipinski definition) is 7. The molecule has 1 fully saturated rings. The van der Waals surface area contributed by atoms with Gasteiger partial charge in [0.2, 0.25) is 0 Å². The van der Waals surface area contributed by atoms with Crippen LogP contribution in [-0.4, -0.2) is 49.1 Å². The molecule has 2 heterocycles. The van der Waals surface area contributed by atoms with Gasteiger partial charge in [0.25, 0.3) is 15.7 Å². The predicted octanol–water partition coefficient (Wildman–Crippen LogP) is 1.40. The fourth-order valence-electron chi connectivity index (χ4n) is 3.01. The van der Waals surface area contributed by atoms with E-state index in [2.05, 4.69) is 5.92 Å². The predicted molar refractivity (Wildman–Crippen MR) is 103 cm³/mol. The Bertz CT molecular complexity index is 1010. The van der Waals surface area contributed by atoms with Crippen LogP contribution in [0, 0.1) is 12.3 Å². The van der Waals surface area contributed by atoms with Crippen molar-refractivity contribution in [1.29, 1.82) is 0 Å². The normalized spacial score (nSPS) is 21.8. The van der Waals surface area contributed by atoms with Crippen LogP contribution in [0.5, 0.6) is 0 Å².